The predicted octanol–water partition coefficient (Wildman–Crippen LogP) is 3.19. The molecule has 1 aromatic rings. The van der Waals surface area contributed by atoms with Crippen LogP contribution in [0.15, 0.2) is 23.3 Å². The van der Waals surface area contributed by atoms with Gasteiger partial charge in [0, 0.05) is 33.6 Å². The van der Waals surface area contributed by atoms with E-state index in [1.165, 1.54) is 13.0 Å². The Morgan fingerprint density at radius 2 is 2.26 bits per heavy atom. The van der Waals surface area contributed by atoms with Gasteiger partial charge in [-0.2, -0.15) is 0 Å². The Kier molecular flexibility index (Phi) is 5.44. The lowest BCUT2D eigenvalue weighted by atomic mass is 9.92. The lowest BCUT2D eigenvalue weighted by Crippen LogP contribution is -2.47. The third-order valence-electron chi connectivity index (χ3n) is 2.65. The number of azide groups is 1. The Labute approximate surface area is 120 Å². The summed E-state index contributed by atoms with van der Waals surface area (Å²) in [5.74, 6) is -1.09. The molecule has 102 valence electrons. The van der Waals surface area contributed by atoms with E-state index in [0.29, 0.717) is 10.6 Å². The van der Waals surface area contributed by atoms with Gasteiger partial charge in [0.2, 0.25) is 0 Å². The van der Waals surface area contributed by atoms with Gasteiger partial charge >= 0.3 is 5.97 Å². The minimum Gasteiger partial charge on any atom is -0.480 e. The van der Waals surface area contributed by atoms with Crippen molar-refractivity contribution in [3.63, 3.8) is 0 Å². The van der Waals surface area contributed by atoms with E-state index < -0.39 is 11.5 Å². The fraction of sp³-hybridized carbons (Fsp3) is 0.364. The molecule has 1 atom stereocenters. The van der Waals surface area contributed by atoms with Crippen LogP contribution in [0.2, 0.25) is 10.0 Å². The first-order chi connectivity index (χ1) is 8.91. The summed E-state index contributed by atoms with van der Waals surface area (Å²) in [4.78, 5) is 14.1. The smallest absolute Gasteiger partial charge is 0.328 e. The predicted molar refractivity (Wildman–Crippen MR) is 73.5 cm³/mol. The lowest BCUT2D eigenvalue weighted by molar-refractivity contribution is -0.144. The van der Waals surface area contributed by atoms with Crippen molar-refractivity contribution in [3.8, 4) is 0 Å². The van der Waals surface area contributed by atoms with E-state index in [2.05, 4.69) is 15.3 Å². The maximum absolute atomic E-state index is 11.5. The Balaban J connectivity index is 3.04. The molecule has 0 fully saturated rings. The van der Waals surface area contributed by atoms with Crippen LogP contribution in [-0.4, -0.2) is 24.2 Å². The van der Waals surface area contributed by atoms with E-state index >= 15 is 0 Å². The summed E-state index contributed by atoms with van der Waals surface area (Å²) in [6, 6.07) is 4.60. The molecule has 0 saturated heterocycles. The number of nitrogens with zero attached hydrogens (tertiary/aromatic N) is 3. The van der Waals surface area contributed by atoms with Crippen molar-refractivity contribution in [2.45, 2.75) is 12.5 Å². The molecule has 19 heavy (non-hydrogen) atoms. The largest absolute Gasteiger partial charge is 0.480 e. The number of benzene rings is 1. The zero-order valence-corrected chi connectivity index (χ0v) is 11.6. The molecule has 0 aromatic heterocycles. The second-order valence-electron chi connectivity index (χ2n) is 3.94. The molecule has 1 aromatic carbocycles. The van der Waals surface area contributed by atoms with Crippen molar-refractivity contribution in [2.24, 2.45) is 5.11 Å². The van der Waals surface area contributed by atoms with E-state index in [1.807, 2.05) is 0 Å². The van der Waals surface area contributed by atoms with Crippen molar-refractivity contribution in [1.29, 1.82) is 0 Å². The van der Waals surface area contributed by atoms with E-state index in [-0.39, 0.29) is 18.1 Å². The van der Waals surface area contributed by atoms with Crippen molar-refractivity contribution >= 4 is 29.2 Å². The second-order valence-corrected chi connectivity index (χ2v) is 4.78. The van der Waals surface area contributed by atoms with Crippen LogP contribution in [-0.2, 0) is 10.3 Å². The Bertz CT molecular complexity index is 531. The first-order valence-corrected chi connectivity index (χ1v) is 6.12. The SMILES string of the molecule is CC(NCCN=[N+]=[N-])(C(=O)O)c1ccc(Cl)cc1Cl. The summed E-state index contributed by atoms with van der Waals surface area (Å²) in [5, 5.41) is 16.2. The molecule has 0 amide bonds. The third kappa shape index (κ3) is 3.75. The van der Waals surface area contributed by atoms with Gasteiger partial charge in [-0.3, -0.25) is 5.32 Å². The van der Waals surface area contributed by atoms with Gasteiger partial charge in [0.15, 0.2) is 0 Å². The quantitative estimate of drug-likeness (QED) is 0.365. The Morgan fingerprint density at radius 1 is 1.58 bits per heavy atom. The molecule has 0 radical (unpaired) electrons. The van der Waals surface area contributed by atoms with E-state index in [1.54, 1.807) is 12.1 Å². The number of halogens is 2. The maximum Gasteiger partial charge on any atom is 0.328 e. The number of aliphatic carboxylic acids is 1. The van der Waals surface area contributed by atoms with Gasteiger partial charge in [-0.1, -0.05) is 34.4 Å². The number of hydrogen-bond donors (Lipinski definition) is 2. The maximum atomic E-state index is 11.5. The van der Waals surface area contributed by atoms with Gasteiger partial charge in [-0.15, -0.1) is 0 Å². The molecule has 1 rings (SSSR count). The molecule has 0 aliphatic heterocycles. The van der Waals surface area contributed by atoms with E-state index in [9.17, 15) is 9.90 Å². The lowest BCUT2D eigenvalue weighted by Gasteiger charge is -2.27. The second kappa shape index (κ2) is 6.63. The van der Waals surface area contributed by atoms with Crippen molar-refractivity contribution in [1.82, 2.24) is 5.32 Å². The summed E-state index contributed by atoms with van der Waals surface area (Å²) < 4.78 is 0. The molecule has 0 spiro atoms. The van der Waals surface area contributed by atoms with Crippen LogP contribution < -0.4 is 5.32 Å². The first-order valence-electron chi connectivity index (χ1n) is 5.36. The summed E-state index contributed by atoms with van der Waals surface area (Å²) in [6.45, 7) is 1.84. The molecular weight excluding hydrogens is 291 g/mol. The molecule has 0 aliphatic carbocycles. The molecule has 8 heteroatoms. The highest BCUT2D eigenvalue weighted by molar-refractivity contribution is 6.35. The van der Waals surface area contributed by atoms with Crippen molar-refractivity contribution in [2.75, 3.05) is 13.1 Å². The van der Waals surface area contributed by atoms with Crippen molar-refractivity contribution in [3.05, 3.63) is 44.3 Å². The number of rotatable bonds is 6. The molecule has 0 bridgehead atoms. The number of nitrogens with one attached hydrogen (secondary N) is 1. The standard InChI is InChI=1S/C11H12Cl2N4O2/c1-11(10(18)19,15-4-5-16-17-14)8-3-2-7(12)6-9(8)13/h2-3,6,15H,4-5H2,1H3,(H,18,19). The van der Waals surface area contributed by atoms with Gasteiger partial charge in [0.25, 0.3) is 0 Å². The Morgan fingerprint density at radius 3 is 2.79 bits per heavy atom. The van der Waals surface area contributed by atoms with E-state index in [0.717, 1.165) is 0 Å². The number of carbonyl (C=O) groups is 1. The Hall–Kier alpha value is -1.46. The zero-order valence-electron chi connectivity index (χ0n) is 10.1. The highest BCUT2D eigenvalue weighted by Crippen LogP contribution is 2.30. The van der Waals surface area contributed by atoms with Crippen LogP contribution in [0.5, 0.6) is 0 Å². The fourth-order valence-electron chi connectivity index (χ4n) is 1.58. The highest BCUT2D eigenvalue weighted by atomic mass is 35.5. The number of carboxylic acid groups (broad SMARTS) is 1. The average molecular weight is 303 g/mol. The normalized spacial score (nSPS) is 13.4. The van der Waals surface area contributed by atoms with Crippen LogP contribution in [0.25, 0.3) is 10.4 Å². The topological polar surface area (TPSA) is 98.1 Å². The molecule has 0 heterocycles. The van der Waals surface area contributed by atoms with Gasteiger partial charge < -0.3 is 5.11 Å². The average Bonchev–Trinajstić information content (AvgIpc) is 2.34. The van der Waals surface area contributed by atoms with E-state index in [4.69, 9.17) is 28.7 Å². The van der Waals surface area contributed by atoms with Gasteiger partial charge in [-0.05, 0) is 24.6 Å². The highest BCUT2D eigenvalue weighted by Gasteiger charge is 2.36. The minimum atomic E-state index is -1.38. The van der Waals surface area contributed by atoms with Crippen LogP contribution in [0.1, 0.15) is 12.5 Å². The number of carboxylic acids is 1. The van der Waals surface area contributed by atoms with Gasteiger partial charge in [-0.25, -0.2) is 4.79 Å². The molecule has 2 N–H and O–H groups in total. The molecule has 6 nitrogen and oxygen atoms in total. The number of hydrogen-bond acceptors (Lipinski definition) is 3. The summed E-state index contributed by atoms with van der Waals surface area (Å²) in [7, 11) is 0. The van der Waals surface area contributed by atoms with Gasteiger partial charge in [0.05, 0.1) is 0 Å². The molecular formula is C11H12Cl2N4O2. The first kappa shape index (κ1) is 15.6. The van der Waals surface area contributed by atoms with Crippen LogP contribution in [0.4, 0.5) is 0 Å². The fourth-order valence-corrected chi connectivity index (χ4v) is 2.18. The van der Waals surface area contributed by atoms with Crippen molar-refractivity contribution < 1.29 is 9.90 Å². The molecule has 0 aliphatic rings. The van der Waals surface area contributed by atoms with Crippen LogP contribution >= 0.6 is 23.2 Å². The minimum absolute atomic E-state index is 0.143. The van der Waals surface area contributed by atoms with Crippen LogP contribution in [0.3, 0.4) is 0 Å². The zero-order chi connectivity index (χ0) is 14.5. The third-order valence-corrected chi connectivity index (χ3v) is 3.20. The monoisotopic (exact) mass is 302 g/mol. The summed E-state index contributed by atoms with van der Waals surface area (Å²) in [5.41, 5.74) is 7.19. The molecule has 1 unspecified atom stereocenters. The van der Waals surface area contributed by atoms with Gasteiger partial charge in [0.1, 0.15) is 5.54 Å². The summed E-state index contributed by atoms with van der Waals surface area (Å²) in [6.07, 6.45) is 0. The summed E-state index contributed by atoms with van der Waals surface area (Å²) >= 11 is 11.8. The van der Waals surface area contributed by atoms with Crippen LogP contribution in [0, 0.1) is 0 Å². The molecule has 0 saturated carbocycles.